The summed E-state index contributed by atoms with van der Waals surface area (Å²) in [6, 6.07) is 16.1. The molecule has 1 amide bonds. The van der Waals surface area contributed by atoms with Crippen molar-refractivity contribution in [3.8, 4) is 17.2 Å². The highest BCUT2D eigenvalue weighted by atomic mass is 16.3. The van der Waals surface area contributed by atoms with Crippen molar-refractivity contribution in [3.05, 3.63) is 59.2 Å². The second kappa shape index (κ2) is 10.9. The SMILES string of the molecule is CN1CCCN(Cc2ccc(-c3ccc(C(=O)N4CCCC(CO)C4)cc3)c(C#N)c2)CC1. The fourth-order valence-corrected chi connectivity index (χ4v) is 4.92. The molecule has 1 N–H and O–H groups in total. The fraction of sp³-hybridized carbons (Fsp3) is 0.481. The van der Waals surface area contributed by atoms with Gasteiger partial charge in [0.15, 0.2) is 0 Å². The number of carbonyl (C=O) groups is 1. The van der Waals surface area contributed by atoms with Crippen molar-refractivity contribution in [1.82, 2.24) is 14.7 Å². The molecule has 6 heteroatoms. The van der Waals surface area contributed by atoms with Crippen LogP contribution in [0.1, 0.15) is 40.7 Å². The first-order valence-electron chi connectivity index (χ1n) is 12.0. The van der Waals surface area contributed by atoms with Gasteiger partial charge in [0.25, 0.3) is 5.91 Å². The molecule has 1 unspecified atom stereocenters. The Morgan fingerprint density at radius 3 is 2.64 bits per heavy atom. The number of nitriles is 1. The third-order valence-electron chi connectivity index (χ3n) is 6.93. The summed E-state index contributed by atoms with van der Waals surface area (Å²) in [6.07, 6.45) is 3.07. The summed E-state index contributed by atoms with van der Waals surface area (Å²) in [6.45, 7) is 6.69. The molecular weight excluding hydrogens is 412 g/mol. The molecule has 2 aliphatic heterocycles. The van der Waals surface area contributed by atoms with Gasteiger partial charge in [-0.25, -0.2) is 0 Å². The van der Waals surface area contributed by atoms with E-state index in [1.165, 1.54) is 6.42 Å². The van der Waals surface area contributed by atoms with Crippen LogP contribution in [0.5, 0.6) is 0 Å². The first kappa shape index (κ1) is 23.4. The lowest BCUT2D eigenvalue weighted by Crippen LogP contribution is -2.40. The molecule has 0 bridgehead atoms. The van der Waals surface area contributed by atoms with Crippen molar-refractivity contribution in [2.45, 2.75) is 25.8 Å². The van der Waals surface area contributed by atoms with Crippen LogP contribution in [0.3, 0.4) is 0 Å². The van der Waals surface area contributed by atoms with Crippen LogP contribution in [0.25, 0.3) is 11.1 Å². The van der Waals surface area contributed by atoms with E-state index in [0.717, 1.165) is 68.8 Å². The number of likely N-dealkylation sites (tertiary alicyclic amines) is 1. The van der Waals surface area contributed by atoms with Crippen molar-refractivity contribution in [1.29, 1.82) is 5.26 Å². The molecule has 2 fully saturated rings. The largest absolute Gasteiger partial charge is 0.396 e. The molecule has 33 heavy (non-hydrogen) atoms. The van der Waals surface area contributed by atoms with Gasteiger partial charge >= 0.3 is 0 Å². The number of amides is 1. The number of benzene rings is 2. The van der Waals surface area contributed by atoms with Gasteiger partial charge in [0.05, 0.1) is 11.6 Å². The van der Waals surface area contributed by atoms with E-state index in [-0.39, 0.29) is 18.4 Å². The minimum Gasteiger partial charge on any atom is -0.396 e. The second-order valence-electron chi connectivity index (χ2n) is 9.44. The summed E-state index contributed by atoms with van der Waals surface area (Å²) in [4.78, 5) is 19.6. The molecule has 2 aliphatic rings. The lowest BCUT2D eigenvalue weighted by atomic mass is 9.96. The molecule has 2 aromatic carbocycles. The fourth-order valence-electron chi connectivity index (χ4n) is 4.92. The summed E-state index contributed by atoms with van der Waals surface area (Å²) in [5.74, 6) is 0.188. The summed E-state index contributed by atoms with van der Waals surface area (Å²) >= 11 is 0. The van der Waals surface area contributed by atoms with E-state index in [0.29, 0.717) is 17.7 Å². The summed E-state index contributed by atoms with van der Waals surface area (Å²) < 4.78 is 0. The van der Waals surface area contributed by atoms with Crippen LogP contribution in [0, 0.1) is 17.2 Å². The number of rotatable bonds is 5. The Kier molecular flexibility index (Phi) is 7.77. The van der Waals surface area contributed by atoms with Crippen LogP contribution < -0.4 is 0 Å². The summed E-state index contributed by atoms with van der Waals surface area (Å²) in [5.41, 5.74) is 4.32. The van der Waals surface area contributed by atoms with E-state index in [4.69, 9.17) is 0 Å². The molecule has 174 valence electrons. The highest BCUT2D eigenvalue weighted by molar-refractivity contribution is 5.95. The highest BCUT2D eigenvalue weighted by Gasteiger charge is 2.24. The first-order valence-corrected chi connectivity index (χ1v) is 12.0. The number of hydrogen-bond donors (Lipinski definition) is 1. The number of piperidine rings is 1. The number of carbonyl (C=O) groups excluding carboxylic acids is 1. The van der Waals surface area contributed by atoms with Gasteiger partial charge in [-0.15, -0.1) is 0 Å². The Bertz CT molecular complexity index is 998. The van der Waals surface area contributed by atoms with E-state index in [2.05, 4.69) is 29.0 Å². The Labute approximate surface area is 197 Å². The standard InChI is InChI=1S/C27H34N4O2/c1-29-11-3-12-30(15-14-29)18-21-5-10-26(25(16-21)17-28)23-6-8-24(9-7-23)27(33)31-13-2-4-22(19-31)20-32/h5-10,16,22,32H,2-4,11-15,18-20H2,1H3. The van der Waals surface area contributed by atoms with E-state index in [1.807, 2.05) is 41.3 Å². The van der Waals surface area contributed by atoms with Crippen LogP contribution in [0.2, 0.25) is 0 Å². The zero-order valence-corrected chi connectivity index (χ0v) is 19.5. The molecule has 4 rings (SSSR count). The third kappa shape index (κ3) is 5.80. The number of aliphatic hydroxyl groups is 1. The molecule has 2 aromatic rings. The molecule has 0 radical (unpaired) electrons. The Morgan fingerprint density at radius 2 is 1.88 bits per heavy atom. The maximum absolute atomic E-state index is 12.9. The van der Waals surface area contributed by atoms with E-state index >= 15 is 0 Å². The summed E-state index contributed by atoms with van der Waals surface area (Å²) in [5, 5.41) is 19.2. The molecule has 0 saturated carbocycles. The average molecular weight is 447 g/mol. The number of aliphatic hydroxyl groups excluding tert-OH is 1. The van der Waals surface area contributed by atoms with Gasteiger partial charge < -0.3 is 14.9 Å². The number of hydrogen-bond acceptors (Lipinski definition) is 5. The van der Waals surface area contributed by atoms with E-state index in [9.17, 15) is 15.2 Å². The molecule has 0 aromatic heterocycles. The Balaban J connectivity index is 1.46. The number of nitrogens with zero attached hydrogens (tertiary/aromatic N) is 4. The lowest BCUT2D eigenvalue weighted by Gasteiger charge is -2.32. The molecule has 0 aliphatic carbocycles. The van der Waals surface area contributed by atoms with Crippen LogP contribution >= 0.6 is 0 Å². The normalized spacial score (nSPS) is 20.3. The average Bonchev–Trinajstić information content (AvgIpc) is 3.07. The number of likely N-dealkylation sites (N-methyl/N-ethyl adjacent to an activating group) is 1. The van der Waals surface area contributed by atoms with Gasteiger partial charge in [0.2, 0.25) is 0 Å². The molecule has 0 spiro atoms. The smallest absolute Gasteiger partial charge is 0.253 e. The monoisotopic (exact) mass is 446 g/mol. The molecule has 1 atom stereocenters. The molecule has 2 saturated heterocycles. The Morgan fingerprint density at radius 1 is 1.06 bits per heavy atom. The zero-order chi connectivity index (χ0) is 23.2. The Hall–Kier alpha value is -2.72. The minimum absolute atomic E-state index is 0.0126. The van der Waals surface area contributed by atoms with Gasteiger partial charge in [-0.2, -0.15) is 5.26 Å². The van der Waals surface area contributed by atoms with Crippen molar-refractivity contribution >= 4 is 5.91 Å². The van der Waals surface area contributed by atoms with Crippen molar-refractivity contribution in [2.75, 3.05) is 52.9 Å². The van der Waals surface area contributed by atoms with Gasteiger partial charge in [-0.3, -0.25) is 9.69 Å². The van der Waals surface area contributed by atoms with Crippen molar-refractivity contribution in [2.24, 2.45) is 5.92 Å². The van der Waals surface area contributed by atoms with Crippen LogP contribution in [-0.2, 0) is 6.54 Å². The topological polar surface area (TPSA) is 70.8 Å². The van der Waals surface area contributed by atoms with Gasteiger partial charge in [0, 0.05) is 44.9 Å². The van der Waals surface area contributed by atoms with Gasteiger partial charge in [0.1, 0.15) is 0 Å². The van der Waals surface area contributed by atoms with Crippen molar-refractivity contribution in [3.63, 3.8) is 0 Å². The predicted molar refractivity (Wildman–Crippen MR) is 130 cm³/mol. The zero-order valence-electron chi connectivity index (χ0n) is 19.5. The quantitative estimate of drug-likeness (QED) is 0.764. The second-order valence-corrected chi connectivity index (χ2v) is 9.44. The van der Waals surface area contributed by atoms with E-state index < -0.39 is 0 Å². The van der Waals surface area contributed by atoms with Crippen LogP contribution in [0.4, 0.5) is 0 Å². The lowest BCUT2D eigenvalue weighted by molar-refractivity contribution is 0.0620. The maximum atomic E-state index is 12.9. The molecule has 6 nitrogen and oxygen atoms in total. The van der Waals surface area contributed by atoms with E-state index in [1.54, 1.807) is 0 Å². The summed E-state index contributed by atoms with van der Waals surface area (Å²) in [7, 11) is 2.17. The predicted octanol–water partition coefficient (Wildman–Crippen LogP) is 3.21. The van der Waals surface area contributed by atoms with Crippen LogP contribution in [-0.4, -0.2) is 78.6 Å². The minimum atomic E-state index is 0.0126. The molecular formula is C27H34N4O2. The van der Waals surface area contributed by atoms with Gasteiger partial charge in [-0.1, -0.05) is 24.3 Å². The van der Waals surface area contributed by atoms with Crippen LogP contribution in [0.15, 0.2) is 42.5 Å². The highest BCUT2D eigenvalue weighted by Crippen LogP contribution is 2.26. The third-order valence-corrected chi connectivity index (χ3v) is 6.93. The first-order chi connectivity index (χ1) is 16.1. The maximum Gasteiger partial charge on any atom is 0.253 e. The van der Waals surface area contributed by atoms with Crippen molar-refractivity contribution < 1.29 is 9.90 Å². The van der Waals surface area contributed by atoms with Gasteiger partial charge in [-0.05, 0) is 80.2 Å². The molecule has 2 heterocycles.